The van der Waals surface area contributed by atoms with Crippen LogP contribution in [0.2, 0.25) is 0 Å². The van der Waals surface area contributed by atoms with Gasteiger partial charge in [-0.05, 0) is 33.6 Å². The Balaban J connectivity index is 3.32. The monoisotopic (exact) mass is 577 g/mol. The van der Waals surface area contributed by atoms with Gasteiger partial charge in [-0.25, -0.2) is 4.79 Å². The molecule has 27 heavy (non-hydrogen) atoms. The molecule has 0 aromatic carbocycles. The molecule has 8 heteroatoms. The molecule has 0 saturated carbocycles. The van der Waals surface area contributed by atoms with Gasteiger partial charge < -0.3 is 14.8 Å². The maximum Gasteiger partial charge on any atom is 0.407 e. The highest BCUT2D eigenvalue weighted by Gasteiger charge is 2.20. The van der Waals surface area contributed by atoms with Gasteiger partial charge in [0, 0.05) is 13.0 Å². The summed E-state index contributed by atoms with van der Waals surface area (Å²) in [7, 11) is 0. The molecule has 0 radical (unpaired) electrons. The van der Waals surface area contributed by atoms with E-state index in [2.05, 4.69) is 53.1 Å². The summed E-state index contributed by atoms with van der Waals surface area (Å²) >= 11 is 9.88. The molecule has 0 aliphatic rings. The number of nitrogens with one attached hydrogen (secondary N) is 1. The van der Waals surface area contributed by atoms with Crippen molar-refractivity contribution in [2.24, 2.45) is 0 Å². The van der Waals surface area contributed by atoms with Gasteiger partial charge in [0.1, 0.15) is 12.2 Å². The molecule has 5 nitrogen and oxygen atoms in total. The zero-order valence-corrected chi connectivity index (χ0v) is 21.5. The zero-order chi connectivity index (χ0) is 20.8. The third-order valence-electron chi connectivity index (χ3n) is 3.62. The van der Waals surface area contributed by atoms with Gasteiger partial charge >= 0.3 is 12.1 Å². The van der Waals surface area contributed by atoms with Crippen LogP contribution in [-0.4, -0.2) is 33.0 Å². The summed E-state index contributed by atoms with van der Waals surface area (Å²) in [6.45, 7) is 6.50. The fourth-order valence-corrected chi connectivity index (χ4v) is 2.71. The number of halogens is 3. The second-order valence-electron chi connectivity index (χ2n) is 7.64. The Morgan fingerprint density at radius 2 is 1.30 bits per heavy atom. The summed E-state index contributed by atoms with van der Waals surface area (Å²) in [6.07, 6.45) is 10.2. The fraction of sp³-hybridized carbons (Fsp3) is 0.895. The lowest BCUT2D eigenvalue weighted by molar-refractivity contribution is -0.143. The van der Waals surface area contributed by atoms with Crippen molar-refractivity contribution in [1.29, 1.82) is 0 Å². The predicted octanol–water partition coefficient (Wildman–Crippen LogP) is 6.79. The van der Waals surface area contributed by atoms with Crippen molar-refractivity contribution < 1.29 is 19.1 Å². The predicted molar refractivity (Wildman–Crippen MR) is 121 cm³/mol. The third-order valence-corrected chi connectivity index (χ3v) is 4.31. The number of alkyl carbamates (subject to hydrolysis) is 1. The molecule has 0 atom stereocenters. The van der Waals surface area contributed by atoms with Crippen LogP contribution in [0, 0.1) is 0 Å². The number of ether oxygens (including phenoxy) is 2. The van der Waals surface area contributed by atoms with Crippen molar-refractivity contribution in [3.8, 4) is 0 Å². The van der Waals surface area contributed by atoms with Crippen LogP contribution in [0.5, 0.6) is 0 Å². The highest BCUT2D eigenvalue weighted by Crippen LogP contribution is 2.33. The summed E-state index contributed by atoms with van der Waals surface area (Å²) < 4.78 is 9.79. The Hall–Kier alpha value is 0.180. The first-order valence-electron chi connectivity index (χ1n) is 9.69. The number of carbonyl (C=O) groups is 2. The van der Waals surface area contributed by atoms with Gasteiger partial charge in [-0.3, -0.25) is 4.79 Å². The minimum absolute atomic E-state index is 0.155. The number of rotatable bonds is 13. The lowest BCUT2D eigenvalue weighted by Crippen LogP contribution is -2.32. The standard InChI is InChI=1S/C19H34Br3NO4/c1-18(2,3)27-17(25)23-14-12-10-8-6-4-5-7-9-11-13-16(24)26-15-19(20,21)22/h4-15H2,1-3H3,(H,23,25). The molecule has 0 spiro atoms. The molecular weight excluding hydrogens is 546 g/mol. The number of esters is 1. The average Bonchev–Trinajstić information content (AvgIpc) is 2.51. The van der Waals surface area contributed by atoms with Crippen LogP contribution < -0.4 is 5.32 Å². The van der Waals surface area contributed by atoms with Crippen molar-refractivity contribution in [3.05, 3.63) is 0 Å². The molecule has 0 aromatic rings. The fourth-order valence-electron chi connectivity index (χ4n) is 2.37. The first-order valence-corrected chi connectivity index (χ1v) is 12.1. The Morgan fingerprint density at radius 3 is 1.78 bits per heavy atom. The van der Waals surface area contributed by atoms with Gasteiger partial charge in [0.2, 0.25) is 0 Å². The zero-order valence-electron chi connectivity index (χ0n) is 16.8. The molecule has 0 aromatic heterocycles. The van der Waals surface area contributed by atoms with E-state index in [1.807, 2.05) is 20.8 Å². The lowest BCUT2D eigenvalue weighted by atomic mass is 10.1. The molecule has 1 N–H and O–H groups in total. The van der Waals surface area contributed by atoms with Crippen LogP contribution in [-0.2, 0) is 14.3 Å². The first kappa shape index (κ1) is 27.2. The van der Waals surface area contributed by atoms with Gasteiger partial charge in [0.15, 0.2) is 2.14 Å². The minimum atomic E-state index is -0.519. The lowest BCUT2D eigenvalue weighted by Gasteiger charge is -2.19. The highest BCUT2D eigenvalue weighted by molar-refractivity contribution is 9.39. The molecule has 0 unspecified atom stereocenters. The van der Waals surface area contributed by atoms with E-state index in [-0.39, 0.29) is 18.7 Å². The van der Waals surface area contributed by atoms with E-state index in [9.17, 15) is 9.59 Å². The maximum absolute atomic E-state index is 11.5. The number of alkyl halides is 3. The van der Waals surface area contributed by atoms with Gasteiger partial charge in [-0.15, -0.1) is 0 Å². The van der Waals surface area contributed by atoms with Crippen molar-refractivity contribution >= 4 is 59.9 Å². The second kappa shape index (κ2) is 15.1. The summed E-state index contributed by atoms with van der Waals surface area (Å²) in [4.78, 5) is 23.0. The van der Waals surface area contributed by atoms with Gasteiger partial charge in [0.25, 0.3) is 0 Å². The molecule has 0 heterocycles. The topological polar surface area (TPSA) is 64.6 Å². The number of amides is 1. The van der Waals surface area contributed by atoms with Crippen LogP contribution in [0.1, 0.15) is 85.0 Å². The minimum Gasteiger partial charge on any atom is -0.462 e. The van der Waals surface area contributed by atoms with E-state index >= 15 is 0 Å². The molecule has 160 valence electrons. The number of hydrogen-bond acceptors (Lipinski definition) is 4. The molecule has 0 rings (SSSR count). The van der Waals surface area contributed by atoms with Crippen LogP contribution in [0.25, 0.3) is 0 Å². The Morgan fingerprint density at radius 1 is 0.815 bits per heavy atom. The van der Waals surface area contributed by atoms with Crippen LogP contribution in [0.4, 0.5) is 4.79 Å². The SMILES string of the molecule is CC(C)(C)OC(=O)NCCCCCCCCCCCC(=O)OCC(Br)(Br)Br. The van der Waals surface area contributed by atoms with E-state index in [1.54, 1.807) is 0 Å². The Kier molecular flexibility index (Phi) is 15.2. The van der Waals surface area contributed by atoms with E-state index in [4.69, 9.17) is 9.47 Å². The summed E-state index contributed by atoms with van der Waals surface area (Å²) in [5, 5.41) is 2.78. The van der Waals surface area contributed by atoms with Gasteiger partial charge in [0.05, 0.1) is 0 Å². The maximum atomic E-state index is 11.5. The number of hydrogen-bond donors (Lipinski definition) is 1. The third kappa shape index (κ3) is 22.3. The normalized spacial score (nSPS) is 11.9. The largest absolute Gasteiger partial charge is 0.462 e. The molecule has 0 fully saturated rings. The van der Waals surface area contributed by atoms with Crippen molar-refractivity contribution in [2.75, 3.05) is 13.2 Å². The van der Waals surface area contributed by atoms with Crippen LogP contribution >= 0.6 is 47.8 Å². The quantitative estimate of drug-likeness (QED) is 0.148. The van der Waals surface area contributed by atoms with Crippen LogP contribution in [0.3, 0.4) is 0 Å². The Bertz CT molecular complexity index is 420. The molecule has 0 bridgehead atoms. The van der Waals surface area contributed by atoms with E-state index in [0.717, 1.165) is 32.1 Å². The van der Waals surface area contributed by atoms with Crippen molar-refractivity contribution in [3.63, 3.8) is 0 Å². The summed E-state index contributed by atoms with van der Waals surface area (Å²) in [6, 6.07) is 0. The van der Waals surface area contributed by atoms with Crippen molar-refractivity contribution in [2.45, 2.75) is 92.7 Å². The van der Waals surface area contributed by atoms with E-state index in [0.29, 0.717) is 13.0 Å². The molecule has 0 saturated heterocycles. The molecule has 0 aliphatic heterocycles. The first-order chi connectivity index (χ1) is 12.5. The average molecular weight is 580 g/mol. The summed E-state index contributed by atoms with van der Waals surface area (Å²) in [5.41, 5.74) is -0.439. The molecular formula is C19H34Br3NO4. The number of carbonyl (C=O) groups excluding carboxylic acids is 2. The van der Waals surface area contributed by atoms with Crippen LogP contribution in [0.15, 0.2) is 0 Å². The summed E-state index contributed by atoms with van der Waals surface area (Å²) in [5.74, 6) is -0.155. The number of unbranched alkanes of at least 4 members (excludes halogenated alkanes) is 8. The molecule has 0 aliphatic carbocycles. The van der Waals surface area contributed by atoms with Gasteiger partial charge in [-0.2, -0.15) is 0 Å². The smallest absolute Gasteiger partial charge is 0.407 e. The van der Waals surface area contributed by atoms with Gasteiger partial charge in [-0.1, -0.05) is 92.7 Å². The Labute approximate surface area is 189 Å². The van der Waals surface area contributed by atoms with Crippen molar-refractivity contribution in [1.82, 2.24) is 5.32 Å². The van der Waals surface area contributed by atoms with E-state index < -0.39 is 7.74 Å². The molecule has 1 amide bonds. The second-order valence-corrected chi connectivity index (χ2v) is 14.9. The highest BCUT2D eigenvalue weighted by atomic mass is 80.0. The van der Waals surface area contributed by atoms with E-state index in [1.165, 1.54) is 25.7 Å².